The first-order chi connectivity index (χ1) is 12.0. The molecule has 2 saturated heterocycles. The zero-order valence-electron chi connectivity index (χ0n) is 14.3. The third-order valence-electron chi connectivity index (χ3n) is 5.35. The summed E-state index contributed by atoms with van der Waals surface area (Å²) < 4.78 is 14.6. The van der Waals surface area contributed by atoms with Gasteiger partial charge in [-0.1, -0.05) is 18.9 Å². The standard InChI is InChI=1S/C18H19FN3O3.Y/c19-14-8-13-11(7-12(14)10-3-5-20-6-4-10)9-22(18(13)25)15-1-2-16(23)21-17(15)24;/h7-8,10,15H,1-6,9H2,(H,21,23,24);/q-1;. The van der Waals surface area contributed by atoms with Crippen LogP contribution in [0.4, 0.5) is 4.39 Å². The van der Waals surface area contributed by atoms with Crippen molar-refractivity contribution in [3.63, 3.8) is 0 Å². The number of nitrogens with one attached hydrogen (secondary N) is 1. The third kappa shape index (κ3) is 3.49. The fraction of sp³-hybridized carbons (Fsp3) is 0.500. The minimum Gasteiger partial charge on any atom is -0.662 e. The Morgan fingerprint density at radius 2 is 1.85 bits per heavy atom. The number of amides is 3. The average molecular weight is 433 g/mol. The maximum atomic E-state index is 14.6. The molecule has 3 aliphatic heterocycles. The maximum absolute atomic E-state index is 14.6. The number of piperidine rings is 2. The second kappa shape index (κ2) is 7.83. The molecule has 4 rings (SSSR count). The first kappa shape index (κ1) is 19.6. The number of carbonyl (C=O) groups excluding carboxylic acids is 3. The molecule has 0 saturated carbocycles. The summed E-state index contributed by atoms with van der Waals surface area (Å²) in [6.45, 7) is 1.76. The van der Waals surface area contributed by atoms with Gasteiger partial charge in [-0.2, -0.15) is 0 Å². The first-order valence-electron chi connectivity index (χ1n) is 8.65. The largest absolute Gasteiger partial charge is 0.662 e. The fourth-order valence-corrected chi connectivity index (χ4v) is 3.98. The predicted octanol–water partition coefficient (Wildman–Crippen LogP) is 1.84. The maximum Gasteiger partial charge on any atom is 0.255 e. The average Bonchev–Trinajstić information content (AvgIpc) is 2.91. The van der Waals surface area contributed by atoms with Crippen LogP contribution in [0.5, 0.6) is 0 Å². The van der Waals surface area contributed by atoms with Gasteiger partial charge in [0.1, 0.15) is 11.9 Å². The molecule has 3 amide bonds. The summed E-state index contributed by atoms with van der Waals surface area (Å²) in [5, 5.41) is 6.57. The SMILES string of the molecule is O=C1CCC(N2Cc3cc(C4CC[N-]CC4)c(F)cc3C2=O)C(=O)N1.[Y]. The number of nitrogens with zero attached hydrogens (tertiary/aromatic N) is 2. The number of carbonyl (C=O) groups is 3. The molecule has 1 unspecified atom stereocenters. The predicted molar refractivity (Wildman–Crippen MR) is 87.5 cm³/mol. The molecular weight excluding hydrogens is 414 g/mol. The van der Waals surface area contributed by atoms with Crippen LogP contribution in [0.1, 0.15) is 53.1 Å². The Balaban J connectivity index is 0.00000196. The second-order valence-corrected chi connectivity index (χ2v) is 6.88. The van der Waals surface area contributed by atoms with Crippen molar-refractivity contribution in [2.45, 2.75) is 44.2 Å². The van der Waals surface area contributed by atoms with Gasteiger partial charge in [0.15, 0.2) is 0 Å². The van der Waals surface area contributed by atoms with Gasteiger partial charge in [-0.05, 0) is 29.5 Å². The Bertz CT molecular complexity index is 764. The van der Waals surface area contributed by atoms with Crippen LogP contribution >= 0.6 is 0 Å². The van der Waals surface area contributed by atoms with Crippen LogP contribution in [0.15, 0.2) is 12.1 Å². The molecule has 0 bridgehead atoms. The topological polar surface area (TPSA) is 80.6 Å². The normalized spacial score (nSPS) is 23.5. The minimum atomic E-state index is -0.669. The number of benzene rings is 1. The second-order valence-electron chi connectivity index (χ2n) is 6.88. The molecule has 0 spiro atoms. The Morgan fingerprint density at radius 3 is 2.54 bits per heavy atom. The zero-order valence-corrected chi connectivity index (χ0v) is 17.2. The van der Waals surface area contributed by atoms with Crippen molar-refractivity contribution >= 4 is 17.7 Å². The molecule has 1 aromatic carbocycles. The van der Waals surface area contributed by atoms with E-state index in [0.717, 1.165) is 31.5 Å². The van der Waals surface area contributed by atoms with Gasteiger partial charge in [0.25, 0.3) is 5.91 Å². The monoisotopic (exact) mass is 433 g/mol. The van der Waals surface area contributed by atoms with Crippen molar-refractivity contribution in [2.75, 3.05) is 13.1 Å². The van der Waals surface area contributed by atoms with Crippen molar-refractivity contribution in [1.29, 1.82) is 0 Å². The van der Waals surface area contributed by atoms with E-state index in [1.807, 2.05) is 0 Å². The van der Waals surface area contributed by atoms with Crippen LogP contribution in [0.25, 0.3) is 5.32 Å². The Morgan fingerprint density at radius 1 is 1.12 bits per heavy atom. The molecule has 26 heavy (non-hydrogen) atoms. The van der Waals surface area contributed by atoms with Crippen LogP contribution < -0.4 is 5.32 Å². The smallest absolute Gasteiger partial charge is 0.255 e. The van der Waals surface area contributed by atoms with E-state index in [9.17, 15) is 18.8 Å². The van der Waals surface area contributed by atoms with E-state index in [0.29, 0.717) is 17.5 Å². The Kier molecular flexibility index (Phi) is 5.89. The molecule has 2 fully saturated rings. The molecule has 1 radical (unpaired) electrons. The number of rotatable bonds is 2. The van der Waals surface area contributed by atoms with Gasteiger partial charge in [-0.25, -0.2) is 4.39 Å². The first-order valence-corrected chi connectivity index (χ1v) is 8.65. The fourth-order valence-electron chi connectivity index (χ4n) is 3.98. The summed E-state index contributed by atoms with van der Waals surface area (Å²) in [5.41, 5.74) is 1.73. The summed E-state index contributed by atoms with van der Waals surface area (Å²) in [7, 11) is 0. The van der Waals surface area contributed by atoms with Gasteiger partial charge in [0.05, 0.1) is 0 Å². The number of halogens is 1. The van der Waals surface area contributed by atoms with E-state index < -0.39 is 11.9 Å². The molecule has 1 atom stereocenters. The number of fused-ring (bicyclic) bond motifs is 1. The third-order valence-corrected chi connectivity index (χ3v) is 5.35. The zero-order chi connectivity index (χ0) is 17.6. The van der Waals surface area contributed by atoms with E-state index in [1.165, 1.54) is 11.0 Å². The van der Waals surface area contributed by atoms with Gasteiger partial charge < -0.3 is 10.2 Å². The van der Waals surface area contributed by atoms with Gasteiger partial charge in [-0.3, -0.25) is 19.7 Å². The summed E-state index contributed by atoms with van der Waals surface area (Å²) >= 11 is 0. The van der Waals surface area contributed by atoms with E-state index in [1.54, 1.807) is 6.07 Å². The van der Waals surface area contributed by atoms with E-state index in [-0.39, 0.29) is 69.2 Å². The van der Waals surface area contributed by atoms with Crippen molar-refractivity contribution in [2.24, 2.45) is 0 Å². The van der Waals surface area contributed by atoms with Gasteiger partial charge in [0.2, 0.25) is 11.8 Å². The van der Waals surface area contributed by atoms with Crippen LogP contribution in [0.2, 0.25) is 0 Å². The molecule has 135 valence electrons. The molecule has 3 aliphatic rings. The number of hydrogen-bond acceptors (Lipinski definition) is 3. The van der Waals surface area contributed by atoms with Crippen LogP contribution in [-0.2, 0) is 48.8 Å². The molecule has 1 N–H and O–H groups in total. The van der Waals surface area contributed by atoms with E-state index in [2.05, 4.69) is 10.6 Å². The summed E-state index contributed by atoms with van der Waals surface area (Å²) in [5.74, 6) is -1.34. The van der Waals surface area contributed by atoms with Gasteiger partial charge in [-0.15, -0.1) is 13.1 Å². The van der Waals surface area contributed by atoms with Gasteiger partial charge >= 0.3 is 0 Å². The summed E-state index contributed by atoms with van der Waals surface area (Å²) in [6, 6.07) is 2.42. The summed E-state index contributed by atoms with van der Waals surface area (Å²) in [4.78, 5) is 37.5. The van der Waals surface area contributed by atoms with Crippen LogP contribution in [-0.4, -0.2) is 41.8 Å². The van der Waals surface area contributed by atoms with Crippen molar-refractivity contribution in [1.82, 2.24) is 10.2 Å². The van der Waals surface area contributed by atoms with Gasteiger partial charge in [0, 0.05) is 51.2 Å². The summed E-state index contributed by atoms with van der Waals surface area (Å²) in [6.07, 6.45) is 2.16. The van der Waals surface area contributed by atoms with Crippen molar-refractivity contribution in [3.8, 4) is 0 Å². The molecule has 8 heteroatoms. The molecule has 0 aromatic heterocycles. The molecule has 6 nitrogen and oxygen atoms in total. The van der Waals surface area contributed by atoms with Crippen molar-refractivity contribution in [3.05, 3.63) is 40.0 Å². The molecule has 0 aliphatic carbocycles. The minimum absolute atomic E-state index is 0. The number of imide groups is 1. The molecular formula is C18H19FN3O3Y-. The number of hydrogen-bond donors (Lipinski definition) is 1. The molecule has 3 heterocycles. The van der Waals surface area contributed by atoms with Crippen LogP contribution in [0.3, 0.4) is 0 Å². The van der Waals surface area contributed by atoms with E-state index >= 15 is 0 Å². The Hall–Kier alpha value is -1.18. The Labute approximate surface area is 176 Å². The van der Waals surface area contributed by atoms with Crippen LogP contribution in [0, 0.1) is 5.82 Å². The van der Waals surface area contributed by atoms with Crippen molar-refractivity contribution < 1.29 is 51.5 Å². The molecule has 1 aromatic rings. The van der Waals surface area contributed by atoms with E-state index in [4.69, 9.17) is 0 Å². The quantitative estimate of drug-likeness (QED) is 0.723.